The second-order valence-corrected chi connectivity index (χ2v) is 7.03. The molecule has 0 heterocycles. The van der Waals surface area contributed by atoms with Crippen molar-refractivity contribution in [2.24, 2.45) is 11.8 Å². The van der Waals surface area contributed by atoms with E-state index in [1.54, 1.807) is 0 Å². The highest BCUT2D eigenvalue weighted by molar-refractivity contribution is 8.00. The summed E-state index contributed by atoms with van der Waals surface area (Å²) in [6, 6.07) is 0. The molecule has 0 aromatic rings. The minimum Gasteiger partial charge on any atom is -0.481 e. The Morgan fingerprint density at radius 3 is 2.24 bits per heavy atom. The van der Waals surface area contributed by atoms with Gasteiger partial charge in [0.25, 0.3) is 0 Å². The summed E-state index contributed by atoms with van der Waals surface area (Å²) in [5.74, 6) is -0.621. The smallest absolute Gasteiger partial charge is 0.306 e. The molecule has 102 valence electrons. The van der Waals surface area contributed by atoms with Crippen LogP contribution in [0.25, 0.3) is 0 Å². The molecule has 0 aliphatic heterocycles. The van der Waals surface area contributed by atoms with E-state index in [2.05, 4.69) is 0 Å². The standard InChI is InChI=1S/C12H24O4S/c1-8(2)10(11(15)16)5-12(3,4)17-7-9(14)6-13/h8-10,13-14H,5-7H2,1-4H3,(H,15,16). The van der Waals surface area contributed by atoms with Crippen molar-refractivity contribution in [2.45, 2.75) is 45.0 Å². The number of aliphatic hydroxyl groups excluding tert-OH is 2. The number of hydrogen-bond donors (Lipinski definition) is 3. The van der Waals surface area contributed by atoms with Crippen LogP contribution in [0.3, 0.4) is 0 Å². The minimum absolute atomic E-state index is 0.0927. The SMILES string of the molecule is CC(C)C(CC(C)(C)SCC(O)CO)C(=O)O. The number of thioether (sulfide) groups is 1. The fraction of sp³-hybridized carbons (Fsp3) is 0.917. The maximum absolute atomic E-state index is 11.1. The average molecular weight is 264 g/mol. The fourth-order valence-corrected chi connectivity index (χ4v) is 2.62. The highest BCUT2D eigenvalue weighted by Gasteiger charge is 2.30. The summed E-state index contributed by atoms with van der Waals surface area (Å²) in [7, 11) is 0. The van der Waals surface area contributed by atoms with E-state index in [-0.39, 0.29) is 23.2 Å². The molecule has 0 bridgehead atoms. The molecule has 0 aliphatic rings. The molecule has 0 rings (SSSR count). The van der Waals surface area contributed by atoms with Crippen LogP contribution < -0.4 is 0 Å². The highest BCUT2D eigenvalue weighted by atomic mass is 32.2. The molecule has 0 aromatic heterocycles. The molecule has 0 radical (unpaired) electrons. The van der Waals surface area contributed by atoms with Gasteiger partial charge in [-0.15, -0.1) is 0 Å². The molecule has 17 heavy (non-hydrogen) atoms. The molecule has 3 N–H and O–H groups in total. The molecular formula is C12H24O4S. The lowest BCUT2D eigenvalue weighted by Crippen LogP contribution is -2.30. The van der Waals surface area contributed by atoms with Crippen LogP contribution in [0.1, 0.15) is 34.1 Å². The van der Waals surface area contributed by atoms with Gasteiger partial charge < -0.3 is 15.3 Å². The summed E-state index contributed by atoms with van der Waals surface area (Å²) in [4.78, 5) is 11.1. The van der Waals surface area contributed by atoms with E-state index in [1.165, 1.54) is 11.8 Å². The summed E-state index contributed by atoms with van der Waals surface area (Å²) in [5, 5.41) is 27.2. The Balaban J connectivity index is 4.35. The predicted molar refractivity (Wildman–Crippen MR) is 70.2 cm³/mol. The molecule has 0 aromatic carbocycles. The van der Waals surface area contributed by atoms with E-state index in [4.69, 9.17) is 10.2 Å². The molecule has 2 unspecified atom stereocenters. The number of hydrogen-bond acceptors (Lipinski definition) is 4. The molecule has 2 atom stereocenters. The quantitative estimate of drug-likeness (QED) is 0.620. The Hall–Kier alpha value is -0.260. The minimum atomic E-state index is -0.767. The first-order chi connectivity index (χ1) is 7.69. The van der Waals surface area contributed by atoms with Crippen LogP contribution in [-0.4, -0.2) is 44.5 Å². The van der Waals surface area contributed by atoms with Crippen molar-refractivity contribution in [3.63, 3.8) is 0 Å². The van der Waals surface area contributed by atoms with Crippen LogP contribution in [0.5, 0.6) is 0 Å². The van der Waals surface area contributed by atoms with Crippen molar-refractivity contribution < 1.29 is 20.1 Å². The molecule has 0 spiro atoms. The van der Waals surface area contributed by atoms with E-state index in [1.807, 2.05) is 27.7 Å². The fourth-order valence-electron chi connectivity index (χ4n) is 1.57. The number of carbonyl (C=O) groups is 1. The highest BCUT2D eigenvalue weighted by Crippen LogP contribution is 2.34. The first-order valence-electron chi connectivity index (χ1n) is 5.85. The Labute approximate surface area is 107 Å². The van der Waals surface area contributed by atoms with Gasteiger partial charge >= 0.3 is 5.97 Å². The molecule has 4 nitrogen and oxygen atoms in total. The number of carboxylic acids is 1. The lowest BCUT2D eigenvalue weighted by Gasteiger charge is -2.29. The van der Waals surface area contributed by atoms with Crippen molar-refractivity contribution in [2.75, 3.05) is 12.4 Å². The van der Waals surface area contributed by atoms with Crippen LogP contribution in [0.15, 0.2) is 0 Å². The summed E-state index contributed by atoms with van der Waals surface area (Å²) in [6.07, 6.45) is -0.176. The number of aliphatic hydroxyl groups is 2. The van der Waals surface area contributed by atoms with Gasteiger partial charge in [0.05, 0.1) is 18.6 Å². The molecule has 0 amide bonds. The van der Waals surface area contributed by atoms with Crippen LogP contribution >= 0.6 is 11.8 Å². The topological polar surface area (TPSA) is 77.8 Å². The molecule has 0 saturated carbocycles. The van der Waals surface area contributed by atoms with E-state index in [0.29, 0.717) is 12.2 Å². The van der Waals surface area contributed by atoms with Gasteiger partial charge in [-0.05, 0) is 12.3 Å². The third kappa shape index (κ3) is 6.91. The zero-order chi connectivity index (χ0) is 13.6. The van der Waals surface area contributed by atoms with E-state index in [0.717, 1.165) is 0 Å². The number of aliphatic carboxylic acids is 1. The summed E-state index contributed by atoms with van der Waals surface area (Å²) >= 11 is 1.50. The second kappa shape index (κ2) is 7.24. The first-order valence-corrected chi connectivity index (χ1v) is 6.84. The Morgan fingerprint density at radius 2 is 1.88 bits per heavy atom. The van der Waals surface area contributed by atoms with Gasteiger partial charge in [0.1, 0.15) is 0 Å². The van der Waals surface area contributed by atoms with Gasteiger partial charge in [0.2, 0.25) is 0 Å². The predicted octanol–water partition coefficient (Wildman–Crippen LogP) is 1.60. The van der Waals surface area contributed by atoms with Crippen molar-refractivity contribution in [1.29, 1.82) is 0 Å². The van der Waals surface area contributed by atoms with Crippen molar-refractivity contribution in [3.05, 3.63) is 0 Å². The molecule has 0 fully saturated rings. The normalized spacial score (nSPS) is 15.9. The number of carboxylic acid groups (broad SMARTS) is 1. The van der Waals surface area contributed by atoms with Gasteiger partial charge in [-0.2, -0.15) is 11.8 Å². The van der Waals surface area contributed by atoms with Crippen molar-refractivity contribution in [3.8, 4) is 0 Å². The third-order valence-corrected chi connectivity index (χ3v) is 4.21. The molecule has 0 aliphatic carbocycles. The Bertz CT molecular complexity index is 241. The Morgan fingerprint density at radius 1 is 1.35 bits per heavy atom. The monoisotopic (exact) mass is 264 g/mol. The number of rotatable bonds is 8. The van der Waals surface area contributed by atoms with Gasteiger partial charge in [-0.1, -0.05) is 27.7 Å². The van der Waals surface area contributed by atoms with Gasteiger partial charge in [-0.25, -0.2) is 0 Å². The van der Waals surface area contributed by atoms with Crippen LogP contribution in [0.2, 0.25) is 0 Å². The van der Waals surface area contributed by atoms with E-state index in [9.17, 15) is 9.90 Å². The maximum atomic E-state index is 11.1. The van der Waals surface area contributed by atoms with Gasteiger partial charge in [0.15, 0.2) is 0 Å². The largest absolute Gasteiger partial charge is 0.481 e. The average Bonchev–Trinajstić information content (AvgIpc) is 2.22. The van der Waals surface area contributed by atoms with Gasteiger partial charge in [0, 0.05) is 10.5 Å². The molecule has 0 saturated heterocycles. The summed E-state index contributed by atoms with van der Waals surface area (Å²) < 4.78 is -0.219. The first kappa shape index (κ1) is 16.7. The van der Waals surface area contributed by atoms with E-state index < -0.39 is 12.1 Å². The summed E-state index contributed by atoms with van der Waals surface area (Å²) in [6.45, 7) is 7.50. The van der Waals surface area contributed by atoms with E-state index >= 15 is 0 Å². The lowest BCUT2D eigenvalue weighted by atomic mass is 9.87. The maximum Gasteiger partial charge on any atom is 0.306 e. The van der Waals surface area contributed by atoms with Crippen molar-refractivity contribution in [1.82, 2.24) is 0 Å². The summed E-state index contributed by atoms with van der Waals surface area (Å²) in [5.41, 5.74) is 0. The van der Waals surface area contributed by atoms with Crippen LogP contribution in [-0.2, 0) is 4.79 Å². The molecular weight excluding hydrogens is 240 g/mol. The Kier molecular flexibility index (Phi) is 7.13. The van der Waals surface area contributed by atoms with Crippen LogP contribution in [0, 0.1) is 11.8 Å². The zero-order valence-corrected chi connectivity index (χ0v) is 11.8. The van der Waals surface area contributed by atoms with Crippen LogP contribution in [0.4, 0.5) is 0 Å². The lowest BCUT2D eigenvalue weighted by molar-refractivity contribution is -0.143. The third-order valence-electron chi connectivity index (χ3n) is 2.71. The van der Waals surface area contributed by atoms with Crippen molar-refractivity contribution >= 4 is 17.7 Å². The second-order valence-electron chi connectivity index (χ2n) is 5.30. The zero-order valence-electron chi connectivity index (χ0n) is 11.0. The van der Waals surface area contributed by atoms with Gasteiger partial charge in [-0.3, -0.25) is 4.79 Å². The molecule has 5 heteroatoms.